The maximum Gasteiger partial charge on any atom is 0.222 e. The summed E-state index contributed by atoms with van der Waals surface area (Å²) >= 11 is 12.0. The molecule has 1 aromatic carbocycles. The number of aromatic nitrogens is 1. The molecule has 0 aliphatic carbocycles. The predicted octanol–water partition coefficient (Wildman–Crippen LogP) is 2.66. The van der Waals surface area contributed by atoms with E-state index in [2.05, 4.69) is 15.0 Å². The number of amidine groups is 2. The smallest absolute Gasteiger partial charge is 0.222 e. The molecular weight excluding hydrogens is 335 g/mol. The Bertz CT molecular complexity index is 830. The number of rotatable bonds is 2. The average Bonchev–Trinajstić information content (AvgIpc) is 2.49. The van der Waals surface area contributed by atoms with Crippen LogP contribution in [0, 0.1) is 6.92 Å². The molecule has 23 heavy (non-hydrogen) atoms. The van der Waals surface area contributed by atoms with Gasteiger partial charge in [-0.2, -0.15) is 4.99 Å². The van der Waals surface area contributed by atoms with Crippen molar-refractivity contribution in [1.82, 2.24) is 9.99 Å². The van der Waals surface area contributed by atoms with Gasteiger partial charge in [0, 0.05) is 36.4 Å². The first-order valence-corrected chi connectivity index (χ1v) is 7.77. The lowest BCUT2D eigenvalue weighted by molar-refractivity contribution is 0.412. The molecule has 1 unspecified atom stereocenters. The first-order chi connectivity index (χ1) is 10.9. The maximum atomic E-state index is 6.05. The Labute approximate surface area is 144 Å². The fourth-order valence-electron chi connectivity index (χ4n) is 2.48. The molecule has 3 rings (SSSR count). The third-order valence-corrected chi connectivity index (χ3v) is 4.03. The lowest BCUT2D eigenvalue weighted by Crippen LogP contribution is -2.45. The van der Waals surface area contributed by atoms with Crippen LogP contribution in [-0.4, -0.2) is 40.8 Å². The van der Waals surface area contributed by atoms with Gasteiger partial charge < -0.3 is 4.90 Å². The summed E-state index contributed by atoms with van der Waals surface area (Å²) in [5.74, 6) is 6.43. The van der Waals surface area contributed by atoms with Crippen LogP contribution < -0.4 is 10.7 Å². The Morgan fingerprint density at radius 2 is 2.00 bits per heavy atom. The predicted molar refractivity (Wildman–Crippen MR) is 96.3 cm³/mol. The quantitative estimate of drug-likeness (QED) is 0.513. The van der Waals surface area contributed by atoms with Gasteiger partial charge in [0.2, 0.25) is 10.9 Å². The summed E-state index contributed by atoms with van der Waals surface area (Å²) in [6, 6.07) is 7.85. The van der Waals surface area contributed by atoms with E-state index in [1.165, 1.54) is 5.01 Å². The summed E-state index contributed by atoms with van der Waals surface area (Å²) in [6.07, 6.45) is 0. The minimum absolute atomic E-state index is 0.0802. The third kappa shape index (κ3) is 2.97. The lowest BCUT2D eigenvalue weighted by Gasteiger charge is -2.26. The van der Waals surface area contributed by atoms with E-state index < -0.39 is 5.62 Å². The van der Waals surface area contributed by atoms with E-state index in [-0.39, 0.29) is 5.29 Å². The van der Waals surface area contributed by atoms with Crippen molar-refractivity contribution in [2.45, 2.75) is 12.5 Å². The van der Waals surface area contributed by atoms with E-state index in [1.807, 2.05) is 50.2 Å². The highest BCUT2D eigenvalue weighted by atomic mass is 35.5. The molecule has 1 atom stereocenters. The summed E-state index contributed by atoms with van der Waals surface area (Å²) in [7, 11) is 3.99. The maximum absolute atomic E-state index is 6.05. The van der Waals surface area contributed by atoms with E-state index in [4.69, 9.17) is 29.0 Å². The lowest BCUT2D eigenvalue weighted by atomic mass is 10.1. The molecule has 2 N–H and O–H groups in total. The molecule has 2 aromatic rings. The first kappa shape index (κ1) is 16.0. The molecular formula is C15H16Cl2N6. The van der Waals surface area contributed by atoms with Crippen molar-refractivity contribution in [3.05, 3.63) is 35.5 Å². The van der Waals surface area contributed by atoms with Gasteiger partial charge in [-0.05, 0) is 42.8 Å². The number of aliphatic imine (C=N–C) groups is 2. The molecule has 2 heterocycles. The molecule has 1 aliphatic rings. The number of fused-ring (bicyclic) bond motifs is 1. The molecule has 6 nitrogen and oxygen atoms in total. The SMILES string of the molecule is Cc1cc(N(C)C)c2cc(C3=NC(Cl)=NC(Cl)N3N)ccc2n1. The Morgan fingerprint density at radius 1 is 1.26 bits per heavy atom. The summed E-state index contributed by atoms with van der Waals surface area (Å²) in [6.45, 7) is 1.97. The van der Waals surface area contributed by atoms with Gasteiger partial charge in [-0.1, -0.05) is 11.6 Å². The van der Waals surface area contributed by atoms with Gasteiger partial charge >= 0.3 is 0 Å². The van der Waals surface area contributed by atoms with Gasteiger partial charge in [0.1, 0.15) is 0 Å². The summed E-state index contributed by atoms with van der Waals surface area (Å²) in [4.78, 5) is 14.7. The molecule has 0 bridgehead atoms. The highest BCUT2D eigenvalue weighted by Crippen LogP contribution is 2.27. The highest BCUT2D eigenvalue weighted by molar-refractivity contribution is 6.66. The number of hydrogen-bond donors (Lipinski definition) is 1. The van der Waals surface area contributed by atoms with Gasteiger partial charge in [-0.25, -0.2) is 10.8 Å². The normalized spacial score (nSPS) is 18.0. The molecule has 1 aliphatic heterocycles. The number of aryl methyl sites for hydroxylation is 1. The molecule has 0 spiro atoms. The van der Waals surface area contributed by atoms with Gasteiger partial charge in [-0.3, -0.25) is 9.99 Å². The van der Waals surface area contributed by atoms with Crippen molar-refractivity contribution >= 4 is 50.9 Å². The van der Waals surface area contributed by atoms with Crippen LogP contribution in [0.15, 0.2) is 34.3 Å². The molecule has 0 fully saturated rings. The standard InChI is InChI=1S/C15H16Cl2N6/c1-8-6-12(22(2)3)10-7-9(4-5-11(10)19-8)13-20-14(16)21-15(17)23(13)18/h4-7,15H,18H2,1-3H3. The molecule has 0 amide bonds. The van der Waals surface area contributed by atoms with Crippen LogP contribution in [0.2, 0.25) is 0 Å². The van der Waals surface area contributed by atoms with Gasteiger partial charge in [0.25, 0.3) is 0 Å². The van der Waals surface area contributed by atoms with Crippen molar-refractivity contribution in [2.24, 2.45) is 15.8 Å². The molecule has 0 radical (unpaired) electrons. The van der Waals surface area contributed by atoms with Crippen molar-refractivity contribution in [1.29, 1.82) is 0 Å². The van der Waals surface area contributed by atoms with Crippen molar-refractivity contribution in [3.63, 3.8) is 0 Å². The van der Waals surface area contributed by atoms with Crippen molar-refractivity contribution < 1.29 is 0 Å². The molecule has 1 aromatic heterocycles. The fourth-order valence-corrected chi connectivity index (χ4v) is 2.89. The van der Waals surface area contributed by atoms with E-state index >= 15 is 0 Å². The van der Waals surface area contributed by atoms with Gasteiger partial charge in [0.05, 0.1) is 5.52 Å². The van der Waals surface area contributed by atoms with Crippen molar-refractivity contribution in [3.8, 4) is 0 Å². The van der Waals surface area contributed by atoms with Crippen LogP contribution in [0.25, 0.3) is 10.9 Å². The van der Waals surface area contributed by atoms with E-state index in [0.717, 1.165) is 27.8 Å². The summed E-state index contributed by atoms with van der Waals surface area (Å²) in [5.41, 5.74) is 2.94. The fraction of sp³-hybridized carbons (Fsp3) is 0.267. The molecule has 8 heteroatoms. The molecule has 0 saturated carbocycles. The topological polar surface area (TPSA) is 70.1 Å². The van der Waals surface area contributed by atoms with Gasteiger partial charge in [0.15, 0.2) is 5.84 Å². The number of nitrogens with two attached hydrogens (primary N) is 1. The third-order valence-electron chi connectivity index (χ3n) is 3.54. The number of anilines is 1. The summed E-state index contributed by atoms with van der Waals surface area (Å²) < 4.78 is 0. The summed E-state index contributed by atoms with van der Waals surface area (Å²) in [5, 5.41) is 2.36. The Morgan fingerprint density at radius 3 is 2.70 bits per heavy atom. The average molecular weight is 351 g/mol. The van der Waals surface area contributed by atoms with Crippen LogP contribution in [0.5, 0.6) is 0 Å². The Hall–Kier alpha value is -1.89. The van der Waals surface area contributed by atoms with Crippen LogP contribution in [0.1, 0.15) is 11.3 Å². The molecule has 120 valence electrons. The largest absolute Gasteiger partial charge is 0.377 e. The zero-order chi connectivity index (χ0) is 16.7. The number of benzene rings is 1. The Balaban J connectivity index is 2.19. The number of alkyl halides is 1. The Kier molecular flexibility index (Phi) is 4.14. The van der Waals surface area contributed by atoms with Crippen LogP contribution in [-0.2, 0) is 0 Å². The zero-order valence-corrected chi connectivity index (χ0v) is 14.5. The second kappa shape index (κ2) is 5.96. The number of halogens is 2. The van der Waals surface area contributed by atoms with Crippen LogP contribution >= 0.6 is 23.2 Å². The minimum atomic E-state index is -0.782. The highest BCUT2D eigenvalue weighted by Gasteiger charge is 2.23. The van der Waals surface area contributed by atoms with Gasteiger partial charge in [-0.15, -0.1) is 0 Å². The first-order valence-electron chi connectivity index (χ1n) is 6.96. The van der Waals surface area contributed by atoms with E-state index in [1.54, 1.807) is 0 Å². The van der Waals surface area contributed by atoms with E-state index in [9.17, 15) is 0 Å². The number of hydrazine groups is 1. The second-order valence-electron chi connectivity index (χ2n) is 5.46. The molecule has 0 saturated heterocycles. The number of hydrogen-bond acceptors (Lipinski definition) is 6. The van der Waals surface area contributed by atoms with E-state index in [0.29, 0.717) is 5.84 Å². The number of nitrogens with zero attached hydrogens (tertiary/aromatic N) is 5. The minimum Gasteiger partial charge on any atom is -0.377 e. The second-order valence-corrected chi connectivity index (χ2v) is 6.19. The zero-order valence-electron chi connectivity index (χ0n) is 13.0. The number of pyridine rings is 1. The van der Waals surface area contributed by atoms with Crippen LogP contribution in [0.4, 0.5) is 5.69 Å². The monoisotopic (exact) mass is 350 g/mol. The van der Waals surface area contributed by atoms with Crippen molar-refractivity contribution in [2.75, 3.05) is 19.0 Å². The van der Waals surface area contributed by atoms with Crippen LogP contribution in [0.3, 0.4) is 0 Å².